The lowest BCUT2D eigenvalue weighted by Gasteiger charge is -1.96. The van der Waals surface area contributed by atoms with E-state index in [-0.39, 0.29) is 0 Å². The average Bonchev–Trinajstić information content (AvgIpc) is 3.27. The van der Waals surface area contributed by atoms with E-state index in [1.807, 2.05) is 67.6 Å². The molecule has 6 heteroatoms. The minimum atomic E-state index is 0.653. The number of nitrogens with zero attached hydrogens (tertiary/aromatic N) is 3. The minimum absolute atomic E-state index is 0.653. The van der Waals surface area contributed by atoms with Gasteiger partial charge in [-0.3, -0.25) is 5.10 Å². The maximum absolute atomic E-state index is 5.96. The molecule has 1 N–H and O–H groups in total. The van der Waals surface area contributed by atoms with Crippen molar-refractivity contribution in [2.75, 3.05) is 0 Å². The van der Waals surface area contributed by atoms with Crippen LogP contribution < -0.4 is 0 Å². The van der Waals surface area contributed by atoms with E-state index in [0.717, 1.165) is 34.0 Å². The minimum Gasteiger partial charge on any atom is -0.461 e. The summed E-state index contributed by atoms with van der Waals surface area (Å²) in [7, 11) is 0. The normalized spacial score (nSPS) is 11.3. The summed E-state index contributed by atoms with van der Waals surface area (Å²) in [5, 5.41) is 16.4. The van der Waals surface area contributed by atoms with Gasteiger partial charge in [0.2, 0.25) is 0 Å². The number of aromatic amines is 1. The summed E-state index contributed by atoms with van der Waals surface area (Å²) in [6, 6.07) is 19.1. The van der Waals surface area contributed by atoms with Crippen LogP contribution >= 0.6 is 11.6 Å². The molecule has 0 saturated carbocycles. The van der Waals surface area contributed by atoms with Gasteiger partial charge in [0.15, 0.2) is 0 Å². The second-order valence-corrected chi connectivity index (χ2v) is 6.19. The molecule has 0 unspecified atom stereocenters. The Morgan fingerprint density at radius 3 is 2.54 bits per heavy atom. The van der Waals surface area contributed by atoms with Crippen LogP contribution in [0.5, 0.6) is 0 Å². The van der Waals surface area contributed by atoms with Crippen molar-refractivity contribution in [3.05, 3.63) is 77.6 Å². The molecule has 0 aliphatic heterocycles. The van der Waals surface area contributed by atoms with Gasteiger partial charge in [-0.2, -0.15) is 10.2 Å². The molecule has 0 aliphatic rings. The summed E-state index contributed by atoms with van der Waals surface area (Å²) in [4.78, 5) is 0. The average molecular weight is 363 g/mol. The van der Waals surface area contributed by atoms with E-state index in [9.17, 15) is 0 Å². The monoisotopic (exact) mass is 362 g/mol. The molecular formula is C20H15ClN4O. The number of rotatable bonds is 4. The molecule has 0 amide bonds. The first-order valence-corrected chi connectivity index (χ1v) is 8.45. The van der Waals surface area contributed by atoms with E-state index in [2.05, 4.69) is 20.4 Å². The number of aromatic nitrogens is 2. The Labute approximate surface area is 155 Å². The summed E-state index contributed by atoms with van der Waals surface area (Å²) in [6.45, 7) is 1.91. The third kappa shape index (κ3) is 3.30. The zero-order valence-corrected chi connectivity index (χ0v) is 14.7. The number of azo groups is 1. The molecule has 5 nitrogen and oxygen atoms in total. The number of H-pyrrole nitrogens is 1. The van der Waals surface area contributed by atoms with Crippen LogP contribution in [-0.2, 0) is 0 Å². The second kappa shape index (κ2) is 6.98. The second-order valence-electron chi connectivity index (χ2n) is 5.75. The van der Waals surface area contributed by atoms with E-state index >= 15 is 0 Å². The van der Waals surface area contributed by atoms with Crippen molar-refractivity contribution in [1.82, 2.24) is 10.2 Å². The van der Waals surface area contributed by atoms with Crippen molar-refractivity contribution in [3.63, 3.8) is 0 Å². The van der Waals surface area contributed by atoms with Crippen LogP contribution in [0.4, 0.5) is 11.4 Å². The Morgan fingerprint density at radius 1 is 1.00 bits per heavy atom. The Kier molecular flexibility index (Phi) is 4.37. The molecule has 4 aromatic rings. The molecule has 0 saturated heterocycles. The Hall–Kier alpha value is -3.18. The molecule has 0 atom stereocenters. The molecule has 26 heavy (non-hydrogen) atoms. The number of aryl methyl sites for hydroxylation is 1. The maximum Gasteiger partial charge on any atom is 0.134 e. The standard InChI is InChI=1S/C20H15ClN4O/c1-13-17(11-19(26-13)14-7-9-15(21)10-8-14)20-18(12-22-25-20)24-23-16-5-3-2-4-6-16/h2-12H,1H3,(H,22,25). The SMILES string of the molecule is Cc1oc(-c2ccc(Cl)cc2)cc1-c1[nH]ncc1N=Nc1ccccc1. The van der Waals surface area contributed by atoms with Gasteiger partial charge in [-0.25, -0.2) is 0 Å². The lowest BCUT2D eigenvalue weighted by atomic mass is 10.1. The van der Waals surface area contributed by atoms with Crippen LogP contribution in [0.25, 0.3) is 22.6 Å². The van der Waals surface area contributed by atoms with Crippen molar-refractivity contribution >= 4 is 23.0 Å². The lowest BCUT2D eigenvalue weighted by molar-refractivity contribution is 0.549. The zero-order chi connectivity index (χ0) is 17.9. The molecule has 2 aromatic carbocycles. The van der Waals surface area contributed by atoms with E-state index in [1.54, 1.807) is 6.20 Å². The van der Waals surface area contributed by atoms with Gasteiger partial charge in [0.1, 0.15) is 17.2 Å². The largest absolute Gasteiger partial charge is 0.461 e. The first kappa shape index (κ1) is 16.3. The highest BCUT2D eigenvalue weighted by molar-refractivity contribution is 6.30. The van der Waals surface area contributed by atoms with Crippen molar-refractivity contribution in [3.8, 4) is 22.6 Å². The van der Waals surface area contributed by atoms with Crippen molar-refractivity contribution in [2.45, 2.75) is 6.92 Å². The Morgan fingerprint density at radius 2 is 1.77 bits per heavy atom. The predicted molar refractivity (Wildman–Crippen MR) is 102 cm³/mol. The molecule has 4 rings (SSSR count). The number of halogens is 1. The number of hydrogen-bond donors (Lipinski definition) is 1. The number of benzene rings is 2. The molecule has 0 spiro atoms. The van der Waals surface area contributed by atoms with Gasteiger partial charge < -0.3 is 4.42 Å². The van der Waals surface area contributed by atoms with Gasteiger partial charge in [0, 0.05) is 16.1 Å². The fourth-order valence-electron chi connectivity index (χ4n) is 2.65. The van der Waals surface area contributed by atoms with E-state index < -0.39 is 0 Å². The lowest BCUT2D eigenvalue weighted by Crippen LogP contribution is -1.78. The first-order valence-electron chi connectivity index (χ1n) is 8.07. The topological polar surface area (TPSA) is 66.5 Å². The molecule has 128 valence electrons. The van der Waals surface area contributed by atoms with Crippen LogP contribution in [0.15, 0.2) is 81.5 Å². The highest BCUT2D eigenvalue weighted by Crippen LogP contribution is 2.36. The van der Waals surface area contributed by atoms with Crippen molar-refractivity contribution in [2.24, 2.45) is 10.2 Å². The van der Waals surface area contributed by atoms with E-state index in [1.165, 1.54) is 0 Å². The first-order chi connectivity index (χ1) is 12.7. The van der Waals surface area contributed by atoms with Gasteiger partial charge >= 0.3 is 0 Å². The summed E-state index contributed by atoms with van der Waals surface area (Å²) in [5.41, 5.74) is 4.06. The number of hydrogen-bond acceptors (Lipinski definition) is 4. The molecular weight excluding hydrogens is 348 g/mol. The fourth-order valence-corrected chi connectivity index (χ4v) is 2.77. The summed E-state index contributed by atoms with van der Waals surface area (Å²) in [5.74, 6) is 1.53. The van der Waals surface area contributed by atoms with Gasteiger partial charge in [-0.05, 0) is 49.4 Å². The van der Waals surface area contributed by atoms with Gasteiger partial charge in [0.05, 0.1) is 17.6 Å². The third-order valence-electron chi connectivity index (χ3n) is 3.96. The Balaban J connectivity index is 1.68. The van der Waals surface area contributed by atoms with Crippen molar-refractivity contribution < 1.29 is 4.42 Å². The van der Waals surface area contributed by atoms with Gasteiger partial charge in [-0.15, -0.1) is 5.11 Å². The molecule has 0 fully saturated rings. The molecule has 0 bridgehead atoms. The van der Waals surface area contributed by atoms with Crippen LogP contribution in [0.3, 0.4) is 0 Å². The van der Waals surface area contributed by atoms with Crippen LogP contribution in [-0.4, -0.2) is 10.2 Å². The number of furan rings is 1. The summed E-state index contributed by atoms with van der Waals surface area (Å²) < 4.78 is 5.92. The predicted octanol–water partition coefficient (Wildman–Crippen LogP) is 6.71. The smallest absolute Gasteiger partial charge is 0.134 e. The molecule has 2 heterocycles. The quantitative estimate of drug-likeness (QED) is 0.410. The maximum atomic E-state index is 5.96. The van der Waals surface area contributed by atoms with E-state index in [0.29, 0.717) is 10.7 Å². The van der Waals surface area contributed by atoms with Crippen LogP contribution in [0, 0.1) is 6.92 Å². The van der Waals surface area contributed by atoms with E-state index in [4.69, 9.17) is 16.0 Å². The highest BCUT2D eigenvalue weighted by atomic mass is 35.5. The summed E-state index contributed by atoms with van der Waals surface area (Å²) in [6.07, 6.45) is 1.65. The number of nitrogens with one attached hydrogen (secondary N) is 1. The molecule has 0 radical (unpaired) electrons. The fraction of sp³-hybridized carbons (Fsp3) is 0.0500. The highest BCUT2D eigenvalue weighted by Gasteiger charge is 2.16. The third-order valence-corrected chi connectivity index (χ3v) is 4.22. The molecule has 2 aromatic heterocycles. The van der Waals surface area contributed by atoms with Gasteiger partial charge in [-0.1, -0.05) is 29.8 Å². The van der Waals surface area contributed by atoms with Crippen LogP contribution in [0.2, 0.25) is 5.02 Å². The van der Waals surface area contributed by atoms with Crippen molar-refractivity contribution in [1.29, 1.82) is 0 Å². The summed E-state index contributed by atoms with van der Waals surface area (Å²) >= 11 is 5.96. The Bertz CT molecular complexity index is 1050. The zero-order valence-electron chi connectivity index (χ0n) is 14.0. The molecule has 0 aliphatic carbocycles. The van der Waals surface area contributed by atoms with Gasteiger partial charge in [0.25, 0.3) is 0 Å². The van der Waals surface area contributed by atoms with Crippen LogP contribution in [0.1, 0.15) is 5.76 Å².